The fraction of sp³-hybridized carbons (Fsp3) is 0.750. The quantitative estimate of drug-likeness (QED) is 0.724. The molecule has 100 valence electrons. The SMILES string of the molecule is CN(C(=O)C1=NNC(=O)CC1)C1CCC(N)CC1. The van der Waals surface area contributed by atoms with Crippen molar-refractivity contribution in [3.05, 3.63) is 0 Å². The molecule has 0 saturated heterocycles. The number of nitrogens with one attached hydrogen (secondary N) is 1. The van der Waals surface area contributed by atoms with Crippen LogP contribution in [0, 0.1) is 0 Å². The highest BCUT2D eigenvalue weighted by atomic mass is 16.2. The van der Waals surface area contributed by atoms with E-state index in [4.69, 9.17) is 5.73 Å². The Hall–Kier alpha value is -1.43. The number of rotatable bonds is 2. The number of nitrogens with zero attached hydrogens (tertiary/aromatic N) is 2. The zero-order valence-corrected chi connectivity index (χ0v) is 10.7. The van der Waals surface area contributed by atoms with Crippen LogP contribution in [0.25, 0.3) is 0 Å². The predicted molar refractivity (Wildman–Crippen MR) is 67.8 cm³/mol. The lowest BCUT2D eigenvalue weighted by atomic mass is 9.90. The third kappa shape index (κ3) is 2.87. The molecule has 2 rings (SSSR count). The van der Waals surface area contributed by atoms with Gasteiger partial charge in [-0.1, -0.05) is 0 Å². The topological polar surface area (TPSA) is 87.8 Å². The van der Waals surface area contributed by atoms with Gasteiger partial charge in [0, 0.05) is 32.0 Å². The summed E-state index contributed by atoms with van der Waals surface area (Å²) in [6.07, 6.45) is 4.60. The van der Waals surface area contributed by atoms with E-state index in [0.29, 0.717) is 18.6 Å². The van der Waals surface area contributed by atoms with Gasteiger partial charge in [0.1, 0.15) is 5.71 Å². The monoisotopic (exact) mass is 252 g/mol. The second kappa shape index (κ2) is 5.48. The van der Waals surface area contributed by atoms with Gasteiger partial charge in [-0.3, -0.25) is 9.59 Å². The summed E-state index contributed by atoms with van der Waals surface area (Å²) in [5, 5.41) is 3.84. The van der Waals surface area contributed by atoms with E-state index in [9.17, 15) is 9.59 Å². The Kier molecular flexibility index (Phi) is 3.96. The Morgan fingerprint density at radius 2 is 2.00 bits per heavy atom. The number of hydrogen-bond donors (Lipinski definition) is 2. The van der Waals surface area contributed by atoms with E-state index in [1.54, 1.807) is 4.90 Å². The number of amides is 2. The standard InChI is InChI=1S/C12H20N4O2/c1-16(9-4-2-8(13)3-5-9)12(18)10-6-7-11(17)15-14-10/h8-9H,2-7,13H2,1H3,(H,15,17). The average Bonchev–Trinajstić information content (AvgIpc) is 2.39. The number of carbonyl (C=O) groups is 2. The van der Waals surface area contributed by atoms with Crippen LogP contribution in [0.5, 0.6) is 0 Å². The molecule has 0 spiro atoms. The van der Waals surface area contributed by atoms with Gasteiger partial charge < -0.3 is 10.6 Å². The third-order valence-electron chi connectivity index (χ3n) is 3.76. The van der Waals surface area contributed by atoms with Gasteiger partial charge in [0.2, 0.25) is 5.91 Å². The number of nitrogens with two attached hydrogens (primary N) is 1. The van der Waals surface area contributed by atoms with Gasteiger partial charge >= 0.3 is 0 Å². The molecule has 18 heavy (non-hydrogen) atoms. The zero-order valence-electron chi connectivity index (χ0n) is 10.7. The Balaban J connectivity index is 1.94. The lowest BCUT2D eigenvalue weighted by Gasteiger charge is -2.33. The van der Waals surface area contributed by atoms with E-state index in [-0.39, 0.29) is 23.9 Å². The van der Waals surface area contributed by atoms with Crippen LogP contribution < -0.4 is 11.2 Å². The summed E-state index contributed by atoms with van der Waals surface area (Å²) in [5.74, 6) is -0.201. The Labute approximate surface area is 107 Å². The minimum absolute atomic E-state index is 0.0736. The van der Waals surface area contributed by atoms with E-state index in [1.807, 2.05) is 7.05 Å². The van der Waals surface area contributed by atoms with Gasteiger partial charge in [0.25, 0.3) is 5.91 Å². The van der Waals surface area contributed by atoms with Crippen molar-refractivity contribution in [1.82, 2.24) is 10.3 Å². The first-order valence-corrected chi connectivity index (χ1v) is 6.46. The molecular formula is C12H20N4O2. The molecule has 0 radical (unpaired) electrons. The summed E-state index contributed by atoms with van der Waals surface area (Å²) in [4.78, 5) is 24.9. The maximum atomic E-state index is 12.2. The van der Waals surface area contributed by atoms with E-state index in [0.717, 1.165) is 25.7 Å². The summed E-state index contributed by atoms with van der Waals surface area (Å²) in [6.45, 7) is 0. The van der Waals surface area contributed by atoms with Crippen molar-refractivity contribution in [2.45, 2.75) is 50.6 Å². The van der Waals surface area contributed by atoms with Crippen molar-refractivity contribution in [3.8, 4) is 0 Å². The minimum atomic E-state index is -0.127. The van der Waals surface area contributed by atoms with Crippen molar-refractivity contribution in [3.63, 3.8) is 0 Å². The molecule has 2 amide bonds. The van der Waals surface area contributed by atoms with Crippen molar-refractivity contribution in [2.75, 3.05) is 7.05 Å². The van der Waals surface area contributed by atoms with Gasteiger partial charge in [-0.05, 0) is 25.7 Å². The van der Waals surface area contributed by atoms with Crippen molar-refractivity contribution in [1.29, 1.82) is 0 Å². The third-order valence-corrected chi connectivity index (χ3v) is 3.76. The molecular weight excluding hydrogens is 232 g/mol. The Bertz CT molecular complexity index is 372. The molecule has 1 heterocycles. The summed E-state index contributed by atoms with van der Waals surface area (Å²) < 4.78 is 0. The predicted octanol–water partition coefficient (Wildman–Crippen LogP) is -0.0193. The van der Waals surface area contributed by atoms with Gasteiger partial charge in [0.15, 0.2) is 0 Å². The second-order valence-corrected chi connectivity index (χ2v) is 5.08. The normalized spacial score (nSPS) is 28.3. The van der Waals surface area contributed by atoms with Gasteiger partial charge in [-0.2, -0.15) is 5.10 Å². The van der Waals surface area contributed by atoms with Crippen molar-refractivity contribution >= 4 is 17.5 Å². The van der Waals surface area contributed by atoms with Crippen LogP contribution in [0.3, 0.4) is 0 Å². The van der Waals surface area contributed by atoms with E-state index in [2.05, 4.69) is 10.5 Å². The first kappa shape index (κ1) is 13.0. The molecule has 1 aliphatic heterocycles. The maximum Gasteiger partial charge on any atom is 0.270 e. The molecule has 1 aliphatic carbocycles. The van der Waals surface area contributed by atoms with Gasteiger partial charge in [-0.25, -0.2) is 5.43 Å². The lowest BCUT2D eigenvalue weighted by Crippen LogP contribution is -2.46. The summed E-state index contributed by atoms with van der Waals surface area (Å²) in [7, 11) is 1.81. The molecule has 1 saturated carbocycles. The zero-order chi connectivity index (χ0) is 13.1. The highest BCUT2D eigenvalue weighted by molar-refractivity contribution is 6.39. The molecule has 0 aromatic heterocycles. The Morgan fingerprint density at radius 3 is 2.56 bits per heavy atom. The van der Waals surface area contributed by atoms with Crippen LogP contribution in [-0.4, -0.2) is 41.6 Å². The molecule has 0 aromatic carbocycles. The molecule has 0 atom stereocenters. The average molecular weight is 252 g/mol. The van der Waals surface area contributed by atoms with Crippen LogP contribution in [-0.2, 0) is 9.59 Å². The molecule has 2 aliphatic rings. The smallest absolute Gasteiger partial charge is 0.270 e. The van der Waals surface area contributed by atoms with Crippen LogP contribution >= 0.6 is 0 Å². The summed E-state index contributed by atoms with van der Waals surface area (Å²) in [6, 6.07) is 0.522. The molecule has 6 heteroatoms. The number of carbonyl (C=O) groups excluding carboxylic acids is 2. The van der Waals surface area contributed by atoms with Gasteiger partial charge in [-0.15, -0.1) is 0 Å². The number of hydrogen-bond acceptors (Lipinski definition) is 4. The first-order chi connectivity index (χ1) is 8.58. The van der Waals surface area contributed by atoms with E-state index >= 15 is 0 Å². The van der Waals surface area contributed by atoms with E-state index in [1.165, 1.54) is 0 Å². The molecule has 6 nitrogen and oxygen atoms in total. The highest BCUT2D eigenvalue weighted by Crippen LogP contribution is 2.21. The fourth-order valence-electron chi connectivity index (χ4n) is 2.49. The van der Waals surface area contributed by atoms with Crippen molar-refractivity contribution < 1.29 is 9.59 Å². The molecule has 0 unspecified atom stereocenters. The Morgan fingerprint density at radius 1 is 1.33 bits per heavy atom. The summed E-state index contributed by atoms with van der Waals surface area (Å²) in [5.41, 5.74) is 8.67. The number of hydrazone groups is 1. The second-order valence-electron chi connectivity index (χ2n) is 5.08. The lowest BCUT2D eigenvalue weighted by molar-refractivity contribution is -0.125. The molecule has 1 fully saturated rings. The van der Waals surface area contributed by atoms with Gasteiger partial charge in [0.05, 0.1) is 0 Å². The van der Waals surface area contributed by atoms with Crippen molar-refractivity contribution in [2.24, 2.45) is 10.8 Å². The highest BCUT2D eigenvalue weighted by Gasteiger charge is 2.28. The molecule has 0 aromatic rings. The van der Waals surface area contributed by atoms with Crippen LogP contribution in [0.15, 0.2) is 5.10 Å². The van der Waals surface area contributed by atoms with E-state index < -0.39 is 0 Å². The minimum Gasteiger partial charge on any atom is -0.338 e. The first-order valence-electron chi connectivity index (χ1n) is 6.46. The largest absolute Gasteiger partial charge is 0.338 e. The maximum absolute atomic E-state index is 12.2. The molecule has 0 bridgehead atoms. The molecule has 3 N–H and O–H groups in total. The summed E-state index contributed by atoms with van der Waals surface area (Å²) >= 11 is 0. The van der Waals surface area contributed by atoms with Crippen LogP contribution in [0.1, 0.15) is 38.5 Å². The van der Waals surface area contributed by atoms with Crippen LogP contribution in [0.2, 0.25) is 0 Å². The fourth-order valence-corrected chi connectivity index (χ4v) is 2.49. The van der Waals surface area contributed by atoms with Crippen LogP contribution in [0.4, 0.5) is 0 Å².